The van der Waals surface area contributed by atoms with Gasteiger partial charge in [-0.15, -0.1) is 0 Å². The fourth-order valence-electron chi connectivity index (χ4n) is 3.93. The predicted molar refractivity (Wildman–Crippen MR) is 111 cm³/mol. The van der Waals surface area contributed by atoms with E-state index < -0.39 is 0 Å². The molecule has 4 rings (SSSR count). The van der Waals surface area contributed by atoms with Crippen LogP contribution in [0.25, 0.3) is 16.9 Å². The molecular weight excluding hydrogens is 369 g/mol. The van der Waals surface area contributed by atoms with E-state index in [0.29, 0.717) is 5.69 Å². The second kappa shape index (κ2) is 8.21. The van der Waals surface area contributed by atoms with Crippen LogP contribution >= 0.6 is 0 Å². The first-order valence-corrected chi connectivity index (χ1v) is 10.1. The number of carbonyl (C=O) groups excluding carboxylic acids is 1. The van der Waals surface area contributed by atoms with Crippen molar-refractivity contribution < 1.29 is 9.18 Å². The van der Waals surface area contributed by atoms with E-state index in [2.05, 4.69) is 29.2 Å². The number of aromatic nitrogens is 3. The van der Waals surface area contributed by atoms with Crippen LogP contribution in [0.5, 0.6) is 0 Å². The van der Waals surface area contributed by atoms with Gasteiger partial charge in [0.2, 0.25) is 0 Å². The Kier molecular flexibility index (Phi) is 5.49. The lowest BCUT2D eigenvalue weighted by molar-refractivity contribution is 0.0560. The first kappa shape index (κ1) is 19.4. The van der Waals surface area contributed by atoms with Gasteiger partial charge in [0, 0.05) is 29.5 Å². The van der Waals surface area contributed by atoms with Crippen LogP contribution in [0, 0.1) is 5.82 Å². The van der Waals surface area contributed by atoms with Gasteiger partial charge in [0.15, 0.2) is 0 Å². The number of aromatic amines is 1. The number of rotatable bonds is 5. The molecule has 0 aliphatic carbocycles. The van der Waals surface area contributed by atoms with Gasteiger partial charge in [0.1, 0.15) is 11.5 Å². The van der Waals surface area contributed by atoms with Crippen molar-refractivity contribution in [3.63, 3.8) is 0 Å². The molecule has 3 heterocycles. The van der Waals surface area contributed by atoms with E-state index in [9.17, 15) is 9.18 Å². The number of piperidine rings is 1. The zero-order valence-electron chi connectivity index (χ0n) is 16.7. The molecule has 0 spiro atoms. The van der Waals surface area contributed by atoms with Gasteiger partial charge in [0.05, 0.1) is 11.9 Å². The molecule has 152 valence electrons. The molecule has 1 aromatic carbocycles. The molecule has 0 radical (unpaired) electrons. The summed E-state index contributed by atoms with van der Waals surface area (Å²) in [6.45, 7) is 6.02. The molecule has 0 saturated carbocycles. The number of nitrogens with one attached hydrogen (secondary N) is 2. The van der Waals surface area contributed by atoms with Crippen molar-refractivity contribution in [3.05, 3.63) is 60.3 Å². The Morgan fingerprint density at radius 3 is 2.59 bits per heavy atom. The molecule has 29 heavy (non-hydrogen) atoms. The number of hydrogen-bond acceptors (Lipinski definition) is 3. The zero-order chi connectivity index (χ0) is 20.4. The highest BCUT2D eigenvalue weighted by molar-refractivity contribution is 5.93. The Hall–Kier alpha value is -2.93. The highest BCUT2D eigenvalue weighted by Crippen LogP contribution is 2.23. The van der Waals surface area contributed by atoms with E-state index >= 15 is 0 Å². The Balaban J connectivity index is 1.54. The van der Waals surface area contributed by atoms with Gasteiger partial charge < -0.3 is 15.2 Å². The summed E-state index contributed by atoms with van der Waals surface area (Å²) in [5.74, 6) is -0.249. The van der Waals surface area contributed by atoms with Crippen LogP contribution in [-0.4, -0.2) is 50.7 Å². The highest BCUT2D eigenvalue weighted by atomic mass is 19.1. The summed E-state index contributed by atoms with van der Waals surface area (Å²) in [6.07, 6.45) is 5.54. The summed E-state index contributed by atoms with van der Waals surface area (Å²) in [5, 5.41) is 7.71. The van der Waals surface area contributed by atoms with Crippen molar-refractivity contribution in [2.45, 2.75) is 38.8 Å². The van der Waals surface area contributed by atoms with Crippen LogP contribution in [-0.2, 0) is 0 Å². The molecule has 0 bridgehead atoms. The molecule has 1 fully saturated rings. The summed E-state index contributed by atoms with van der Waals surface area (Å²) in [6, 6.07) is 10.3. The summed E-state index contributed by atoms with van der Waals surface area (Å²) >= 11 is 0. The minimum atomic E-state index is -0.280. The Morgan fingerprint density at radius 1 is 1.17 bits per heavy atom. The summed E-state index contributed by atoms with van der Waals surface area (Å²) in [5.41, 5.74) is 3.06. The second-order valence-corrected chi connectivity index (χ2v) is 7.72. The normalized spacial score (nSPS) is 15.0. The van der Waals surface area contributed by atoms with Crippen molar-refractivity contribution in [1.82, 2.24) is 25.0 Å². The van der Waals surface area contributed by atoms with Gasteiger partial charge >= 0.3 is 0 Å². The zero-order valence-corrected chi connectivity index (χ0v) is 16.7. The molecular formula is C22H26FN5O. The topological polar surface area (TPSA) is 66.0 Å². The number of amides is 1. The number of halogens is 1. The molecule has 1 amide bonds. The molecule has 1 aliphatic rings. The lowest BCUT2D eigenvalue weighted by atomic mass is 10.0. The summed E-state index contributed by atoms with van der Waals surface area (Å²) in [7, 11) is 0. The Morgan fingerprint density at radius 2 is 1.90 bits per heavy atom. The number of benzene rings is 1. The van der Waals surface area contributed by atoms with Crippen molar-refractivity contribution in [2.75, 3.05) is 13.1 Å². The minimum absolute atomic E-state index is 0.0316. The number of hydrogen-bond donors (Lipinski definition) is 2. The lowest BCUT2D eigenvalue weighted by Gasteiger charge is -2.37. The quantitative estimate of drug-likeness (QED) is 0.694. The average molecular weight is 395 g/mol. The Labute approximate surface area is 169 Å². The van der Waals surface area contributed by atoms with Crippen LogP contribution in [0.1, 0.15) is 37.2 Å². The van der Waals surface area contributed by atoms with E-state index in [-0.39, 0.29) is 23.8 Å². The van der Waals surface area contributed by atoms with Gasteiger partial charge in [-0.05, 0) is 76.2 Å². The monoisotopic (exact) mass is 395 g/mol. The van der Waals surface area contributed by atoms with E-state index in [1.165, 1.54) is 12.1 Å². The van der Waals surface area contributed by atoms with E-state index in [1.54, 1.807) is 23.0 Å². The van der Waals surface area contributed by atoms with Crippen molar-refractivity contribution in [3.8, 4) is 16.9 Å². The SMILES string of the molecule is CC(C)N(C(=O)c1ccc(-c2cnn(-c3ccc(F)cc3)c2)[nH]1)C1CCNCC1. The van der Waals surface area contributed by atoms with Gasteiger partial charge in [0.25, 0.3) is 5.91 Å². The molecule has 0 atom stereocenters. The molecule has 1 saturated heterocycles. The number of nitrogens with zero attached hydrogens (tertiary/aromatic N) is 3. The van der Waals surface area contributed by atoms with Crippen molar-refractivity contribution >= 4 is 5.91 Å². The van der Waals surface area contributed by atoms with Crippen LogP contribution in [0.4, 0.5) is 4.39 Å². The van der Waals surface area contributed by atoms with Gasteiger partial charge in [-0.1, -0.05) is 0 Å². The minimum Gasteiger partial charge on any atom is -0.350 e. The fourth-order valence-corrected chi connectivity index (χ4v) is 3.93. The van der Waals surface area contributed by atoms with Crippen LogP contribution in [0.2, 0.25) is 0 Å². The molecule has 3 aromatic rings. The van der Waals surface area contributed by atoms with Crippen LogP contribution in [0.15, 0.2) is 48.8 Å². The fraction of sp³-hybridized carbons (Fsp3) is 0.364. The first-order valence-electron chi connectivity index (χ1n) is 10.1. The van der Waals surface area contributed by atoms with E-state index in [0.717, 1.165) is 42.9 Å². The smallest absolute Gasteiger partial charge is 0.270 e. The first-order chi connectivity index (χ1) is 14.0. The maximum absolute atomic E-state index is 13.2. The van der Waals surface area contributed by atoms with E-state index in [1.807, 2.05) is 23.2 Å². The maximum atomic E-state index is 13.2. The largest absolute Gasteiger partial charge is 0.350 e. The van der Waals surface area contributed by atoms with E-state index in [4.69, 9.17) is 0 Å². The molecule has 1 aliphatic heterocycles. The van der Waals surface area contributed by atoms with Crippen molar-refractivity contribution in [2.24, 2.45) is 0 Å². The maximum Gasteiger partial charge on any atom is 0.270 e. The molecule has 0 unspecified atom stereocenters. The summed E-state index contributed by atoms with van der Waals surface area (Å²) in [4.78, 5) is 18.5. The van der Waals surface area contributed by atoms with Crippen molar-refractivity contribution in [1.29, 1.82) is 0 Å². The third kappa shape index (κ3) is 4.10. The molecule has 2 N–H and O–H groups in total. The standard InChI is InChI=1S/C22H26FN5O/c1-15(2)28(19-9-11-24-12-10-19)22(29)21-8-7-20(26-21)16-13-25-27(14-16)18-5-3-17(23)4-6-18/h3-8,13-15,19,24,26H,9-12H2,1-2H3. The molecule has 2 aromatic heterocycles. The predicted octanol–water partition coefficient (Wildman–Crippen LogP) is 3.61. The van der Waals surface area contributed by atoms with Gasteiger partial charge in [-0.25, -0.2) is 9.07 Å². The molecule has 7 heteroatoms. The summed E-state index contributed by atoms with van der Waals surface area (Å²) < 4.78 is 14.8. The second-order valence-electron chi connectivity index (χ2n) is 7.72. The highest BCUT2D eigenvalue weighted by Gasteiger charge is 2.29. The average Bonchev–Trinajstić information content (AvgIpc) is 3.39. The molecule has 6 nitrogen and oxygen atoms in total. The van der Waals surface area contributed by atoms with Crippen LogP contribution < -0.4 is 5.32 Å². The number of H-pyrrole nitrogens is 1. The third-order valence-electron chi connectivity index (χ3n) is 5.39. The van der Waals surface area contributed by atoms with Gasteiger partial charge in [-0.3, -0.25) is 4.79 Å². The third-order valence-corrected chi connectivity index (χ3v) is 5.39. The Bertz CT molecular complexity index is 969. The van der Waals surface area contributed by atoms with Gasteiger partial charge in [-0.2, -0.15) is 5.10 Å². The number of carbonyl (C=O) groups is 1. The lowest BCUT2D eigenvalue weighted by Crippen LogP contribution is -2.49. The van der Waals surface area contributed by atoms with Crippen LogP contribution in [0.3, 0.4) is 0 Å².